The lowest BCUT2D eigenvalue weighted by molar-refractivity contribution is -0.146. The van der Waals surface area contributed by atoms with Crippen LogP contribution in [0.4, 0.5) is 0 Å². The number of amides is 1. The Morgan fingerprint density at radius 1 is 1.41 bits per heavy atom. The summed E-state index contributed by atoms with van der Waals surface area (Å²) in [5, 5.41) is 2.50. The first kappa shape index (κ1) is 14.6. The number of alkyl halides is 3. The number of allylic oxidation sites excluding steroid dienone is 1. The number of hydrogen-bond donors (Lipinski definition) is 1. The van der Waals surface area contributed by atoms with Crippen LogP contribution in [0.2, 0.25) is 0 Å². The van der Waals surface area contributed by atoms with Crippen molar-refractivity contribution in [3.63, 3.8) is 0 Å². The van der Waals surface area contributed by atoms with Crippen LogP contribution in [0.3, 0.4) is 0 Å². The third-order valence-corrected chi connectivity index (χ3v) is 3.00. The number of carbonyl (C=O) groups excluding carboxylic acids is 2. The van der Waals surface area contributed by atoms with Gasteiger partial charge in [0.25, 0.3) is 9.70 Å². The van der Waals surface area contributed by atoms with Crippen molar-refractivity contribution >= 4 is 46.7 Å². The number of ether oxygens (including phenoxy) is 1. The van der Waals surface area contributed by atoms with Crippen molar-refractivity contribution in [3.8, 4) is 0 Å². The summed E-state index contributed by atoms with van der Waals surface area (Å²) < 4.78 is 2.63. The Morgan fingerprint density at radius 3 is 2.59 bits per heavy atom. The average Bonchev–Trinajstić information content (AvgIpc) is 2.27. The Morgan fingerprint density at radius 2 is 2.06 bits per heavy atom. The van der Waals surface area contributed by atoms with Gasteiger partial charge in [-0.25, -0.2) is 0 Å². The van der Waals surface area contributed by atoms with Crippen molar-refractivity contribution in [3.05, 3.63) is 12.2 Å². The lowest BCUT2D eigenvalue weighted by atomic mass is 9.89. The molecule has 2 atom stereocenters. The molecule has 0 aromatic rings. The Bertz CT molecular complexity index is 338. The predicted molar refractivity (Wildman–Crippen MR) is 66.1 cm³/mol. The fourth-order valence-electron chi connectivity index (χ4n) is 1.63. The highest BCUT2D eigenvalue weighted by Gasteiger charge is 2.36. The van der Waals surface area contributed by atoms with Crippen molar-refractivity contribution in [1.82, 2.24) is 5.32 Å². The first-order valence-corrected chi connectivity index (χ1v) is 6.12. The smallest absolute Gasteiger partial charge is 0.311 e. The average molecular weight is 301 g/mol. The molecule has 0 bridgehead atoms. The number of nitrogens with one attached hydrogen (secondary N) is 1. The summed E-state index contributed by atoms with van der Waals surface area (Å²) in [6.45, 7) is 0. The summed E-state index contributed by atoms with van der Waals surface area (Å²) in [6, 6.07) is -0.501. The van der Waals surface area contributed by atoms with Crippen LogP contribution in [-0.2, 0) is 14.3 Å². The first-order valence-electron chi connectivity index (χ1n) is 4.98. The quantitative estimate of drug-likeness (QED) is 0.482. The molecule has 1 amide bonds. The van der Waals surface area contributed by atoms with Gasteiger partial charge >= 0.3 is 5.97 Å². The van der Waals surface area contributed by atoms with Crippen molar-refractivity contribution in [2.45, 2.75) is 22.7 Å². The van der Waals surface area contributed by atoms with Crippen LogP contribution in [0.25, 0.3) is 0 Å². The number of hydrogen-bond acceptors (Lipinski definition) is 3. The van der Waals surface area contributed by atoms with E-state index in [2.05, 4.69) is 10.1 Å². The number of esters is 1. The molecule has 0 saturated carbocycles. The molecule has 0 aromatic heterocycles. The molecule has 0 aliphatic heterocycles. The van der Waals surface area contributed by atoms with E-state index in [1.807, 2.05) is 6.08 Å². The van der Waals surface area contributed by atoms with Crippen molar-refractivity contribution in [2.75, 3.05) is 7.11 Å². The molecular formula is C10H12Cl3NO3. The van der Waals surface area contributed by atoms with E-state index in [-0.39, 0.29) is 5.97 Å². The molecule has 1 N–H and O–H groups in total. The molecule has 0 saturated heterocycles. The minimum Gasteiger partial charge on any atom is -0.469 e. The van der Waals surface area contributed by atoms with Gasteiger partial charge in [-0.3, -0.25) is 9.59 Å². The highest BCUT2D eigenvalue weighted by Crippen LogP contribution is 2.27. The van der Waals surface area contributed by atoms with Crippen molar-refractivity contribution in [1.29, 1.82) is 0 Å². The summed E-state index contributed by atoms with van der Waals surface area (Å²) in [6.07, 6.45) is 4.91. The monoisotopic (exact) mass is 299 g/mol. The van der Waals surface area contributed by atoms with Crippen LogP contribution in [0.15, 0.2) is 12.2 Å². The molecule has 0 unspecified atom stereocenters. The van der Waals surface area contributed by atoms with Gasteiger partial charge in [0.2, 0.25) is 0 Å². The Hall–Kier alpha value is -0.450. The minimum atomic E-state index is -2.04. The molecule has 7 heteroatoms. The van der Waals surface area contributed by atoms with Crippen LogP contribution in [0.5, 0.6) is 0 Å². The maximum Gasteiger partial charge on any atom is 0.311 e. The minimum absolute atomic E-state index is 0.385. The van der Waals surface area contributed by atoms with Gasteiger partial charge in [-0.1, -0.05) is 47.0 Å². The Kier molecular flexibility index (Phi) is 5.10. The Labute approximate surface area is 114 Å². The largest absolute Gasteiger partial charge is 0.469 e. The van der Waals surface area contributed by atoms with Crippen LogP contribution in [-0.4, -0.2) is 28.8 Å². The number of methoxy groups -OCH3 is 1. The molecule has 0 heterocycles. The second kappa shape index (κ2) is 5.94. The fourth-order valence-corrected chi connectivity index (χ4v) is 1.79. The van der Waals surface area contributed by atoms with Gasteiger partial charge in [0, 0.05) is 0 Å². The van der Waals surface area contributed by atoms with Crippen molar-refractivity contribution in [2.24, 2.45) is 5.92 Å². The molecule has 0 radical (unpaired) electrons. The SMILES string of the molecule is COC(=O)[C@@H]1CCC=C[C@@H]1NC(=O)C(Cl)(Cl)Cl. The van der Waals surface area contributed by atoms with E-state index in [9.17, 15) is 9.59 Å². The van der Waals surface area contributed by atoms with E-state index < -0.39 is 21.7 Å². The summed E-state index contributed by atoms with van der Waals surface area (Å²) >= 11 is 16.3. The van der Waals surface area contributed by atoms with Crippen molar-refractivity contribution < 1.29 is 14.3 Å². The highest BCUT2D eigenvalue weighted by atomic mass is 35.6. The summed E-state index contributed by atoms with van der Waals surface area (Å²) in [5.74, 6) is -1.58. The molecule has 0 spiro atoms. The summed E-state index contributed by atoms with van der Waals surface area (Å²) in [5.41, 5.74) is 0. The third-order valence-electron chi connectivity index (χ3n) is 2.48. The van der Waals surface area contributed by atoms with E-state index in [0.29, 0.717) is 6.42 Å². The van der Waals surface area contributed by atoms with Gasteiger partial charge < -0.3 is 10.1 Å². The molecule has 4 nitrogen and oxygen atoms in total. The summed E-state index contributed by atoms with van der Waals surface area (Å²) in [7, 11) is 1.30. The first-order chi connectivity index (χ1) is 7.86. The van der Waals surface area contributed by atoms with Crippen LogP contribution in [0.1, 0.15) is 12.8 Å². The van der Waals surface area contributed by atoms with Gasteiger partial charge in [-0.05, 0) is 12.8 Å². The molecule has 1 rings (SSSR count). The maximum absolute atomic E-state index is 11.5. The molecular weight excluding hydrogens is 288 g/mol. The Balaban J connectivity index is 2.73. The maximum atomic E-state index is 11.5. The molecule has 1 aliphatic carbocycles. The van der Waals surface area contributed by atoms with Crippen LogP contribution < -0.4 is 5.32 Å². The lowest BCUT2D eigenvalue weighted by Crippen LogP contribution is -2.47. The molecule has 96 valence electrons. The number of halogens is 3. The molecule has 1 aliphatic rings. The molecule has 0 fully saturated rings. The second-order valence-corrected chi connectivity index (χ2v) is 5.91. The number of carbonyl (C=O) groups is 2. The van der Waals surface area contributed by atoms with Gasteiger partial charge in [0.1, 0.15) is 0 Å². The lowest BCUT2D eigenvalue weighted by Gasteiger charge is -2.27. The number of rotatable bonds is 2. The van der Waals surface area contributed by atoms with E-state index in [1.54, 1.807) is 6.08 Å². The zero-order valence-corrected chi connectivity index (χ0v) is 11.4. The fraction of sp³-hybridized carbons (Fsp3) is 0.600. The van der Waals surface area contributed by atoms with Gasteiger partial charge in [0.15, 0.2) is 0 Å². The van der Waals surface area contributed by atoms with E-state index in [1.165, 1.54) is 7.11 Å². The van der Waals surface area contributed by atoms with Crippen LogP contribution >= 0.6 is 34.8 Å². The zero-order valence-electron chi connectivity index (χ0n) is 9.08. The van der Waals surface area contributed by atoms with Crippen LogP contribution in [0, 0.1) is 5.92 Å². The van der Waals surface area contributed by atoms with E-state index >= 15 is 0 Å². The zero-order chi connectivity index (χ0) is 13.1. The van der Waals surface area contributed by atoms with Gasteiger partial charge in [-0.15, -0.1) is 0 Å². The van der Waals surface area contributed by atoms with Gasteiger partial charge in [0.05, 0.1) is 19.1 Å². The van der Waals surface area contributed by atoms with Gasteiger partial charge in [-0.2, -0.15) is 0 Å². The molecule has 17 heavy (non-hydrogen) atoms. The summed E-state index contributed by atoms with van der Waals surface area (Å²) in [4.78, 5) is 23.0. The second-order valence-electron chi connectivity index (χ2n) is 3.63. The normalized spacial score (nSPS) is 24.2. The predicted octanol–water partition coefficient (Wildman–Crippen LogP) is 1.98. The van der Waals surface area contributed by atoms with E-state index in [0.717, 1.165) is 6.42 Å². The molecule has 0 aromatic carbocycles. The highest BCUT2D eigenvalue weighted by molar-refractivity contribution is 6.76. The standard InChI is InChI=1S/C10H12Cl3NO3/c1-17-8(15)6-4-2-3-5-7(6)14-9(16)10(11,12)13/h3,5-7H,2,4H2,1H3,(H,14,16)/t6-,7+/m1/s1. The third kappa shape index (κ3) is 4.05. The van der Waals surface area contributed by atoms with E-state index in [4.69, 9.17) is 34.8 Å². The topological polar surface area (TPSA) is 55.4 Å².